The summed E-state index contributed by atoms with van der Waals surface area (Å²) in [6.45, 7) is 2.04. The van der Waals surface area contributed by atoms with E-state index in [4.69, 9.17) is 0 Å². The second kappa shape index (κ2) is 4.76. The molecular formula is C17H15BrN2. The van der Waals surface area contributed by atoms with Crippen LogP contribution in [0, 0.1) is 0 Å². The monoisotopic (exact) mass is 326 g/mol. The minimum absolute atomic E-state index is 0.971. The number of nitrogens with one attached hydrogen (secondary N) is 2. The third-order valence-electron chi connectivity index (χ3n) is 4.03. The predicted molar refractivity (Wildman–Crippen MR) is 86.8 cm³/mol. The molecule has 0 spiro atoms. The SMILES string of the molecule is Brc1ccc(-c2ccc3[nH]c4c(c3c2)CNCC4)cc1. The smallest absolute Gasteiger partial charge is 0.0459 e. The fourth-order valence-corrected chi connectivity index (χ4v) is 3.23. The van der Waals surface area contributed by atoms with Crippen molar-refractivity contribution < 1.29 is 0 Å². The molecule has 0 fully saturated rings. The zero-order valence-electron chi connectivity index (χ0n) is 11.0. The molecule has 2 N–H and O–H groups in total. The van der Waals surface area contributed by atoms with Crippen LogP contribution in [0.1, 0.15) is 11.3 Å². The summed E-state index contributed by atoms with van der Waals surface area (Å²) in [6, 6.07) is 15.2. The lowest BCUT2D eigenvalue weighted by Crippen LogP contribution is -2.22. The van der Waals surface area contributed by atoms with Crippen LogP contribution in [-0.2, 0) is 13.0 Å². The molecule has 1 aliphatic heterocycles. The van der Waals surface area contributed by atoms with E-state index >= 15 is 0 Å². The summed E-state index contributed by atoms with van der Waals surface area (Å²) in [5.74, 6) is 0. The van der Waals surface area contributed by atoms with Crippen molar-refractivity contribution in [1.29, 1.82) is 0 Å². The molecule has 100 valence electrons. The Morgan fingerprint density at radius 2 is 1.75 bits per heavy atom. The average Bonchev–Trinajstić information content (AvgIpc) is 2.86. The Morgan fingerprint density at radius 1 is 0.950 bits per heavy atom. The van der Waals surface area contributed by atoms with Crippen LogP contribution >= 0.6 is 15.9 Å². The van der Waals surface area contributed by atoms with E-state index in [1.54, 1.807) is 0 Å². The van der Waals surface area contributed by atoms with Gasteiger partial charge in [0.1, 0.15) is 0 Å². The average molecular weight is 327 g/mol. The van der Waals surface area contributed by atoms with Gasteiger partial charge in [-0.1, -0.05) is 34.1 Å². The number of aromatic nitrogens is 1. The highest BCUT2D eigenvalue weighted by molar-refractivity contribution is 9.10. The Kier molecular flexibility index (Phi) is 2.90. The number of halogens is 1. The van der Waals surface area contributed by atoms with E-state index in [9.17, 15) is 0 Å². The van der Waals surface area contributed by atoms with Crippen molar-refractivity contribution in [3.05, 3.63) is 58.2 Å². The maximum Gasteiger partial charge on any atom is 0.0459 e. The normalized spacial score (nSPS) is 14.4. The van der Waals surface area contributed by atoms with Gasteiger partial charge >= 0.3 is 0 Å². The summed E-state index contributed by atoms with van der Waals surface area (Å²) in [7, 11) is 0. The van der Waals surface area contributed by atoms with Crippen LogP contribution in [0.15, 0.2) is 46.9 Å². The Bertz CT molecular complexity index is 772. The van der Waals surface area contributed by atoms with Gasteiger partial charge in [0.25, 0.3) is 0 Å². The minimum Gasteiger partial charge on any atom is -0.358 e. The van der Waals surface area contributed by atoms with E-state index in [0.717, 1.165) is 24.0 Å². The number of hydrogen-bond acceptors (Lipinski definition) is 1. The summed E-state index contributed by atoms with van der Waals surface area (Å²) in [6.07, 6.45) is 1.09. The van der Waals surface area contributed by atoms with Gasteiger partial charge in [-0.15, -0.1) is 0 Å². The molecule has 2 nitrogen and oxygen atoms in total. The first kappa shape index (κ1) is 12.2. The van der Waals surface area contributed by atoms with Gasteiger partial charge in [0, 0.05) is 40.6 Å². The van der Waals surface area contributed by atoms with E-state index < -0.39 is 0 Å². The second-order valence-corrected chi connectivity index (χ2v) is 6.19. The fraction of sp³-hybridized carbons (Fsp3) is 0.176. The standard InChI is InChI=1S/C17H15BrN2/c18-13-4-1-11(2-5-13)12-3-6-16-14(9-12)15-10-19-8-7-17(15)20-16/h1-6,9,19-20H,7-8,10H2. The first-order valence-electron chi connectivity index (χ1n) is 6.91. The zero-order chi connectivity index (χ0) is 13.5. The van der Waals surface area contributed by atoms with Crippen LogP contribution in [0.3, 0.4) is 0 Å². The van der Waals surface area contributed by atoms with E-state index in [0.29, 0.717) is 0 Å². The van der Waals surface area contributed by atoms with Crippen molar-refractivity contribution in [1.82, 2.24) is 10.3 Å². The van der Waals surface area contributed by atoms with Crippen LogP contribution in [0.2, 0.25) is 0 Å². The Hall–Kier alpha value is -1.58. The molecule has 20 heavy (non-hydrogen) atoms. The molecule has 0 bridgehead atoms. The number of aromatic amines is 1. The number of fused-ring (bicyclic) bond motifs is 3. The number of hydrogen-bond donors (Lipinski definition) is 2. The van der Waals surface area contributed by atoms with Crippen molar-refractivity contribution in [3.8, 4) is 11.1 Å². The molecule has 3 heteroatoms. The molecule has 0 saturated carbocycles. The lowest BCUT2D eigenvalue weighted by atomic mass is 10.0. The molecule has 0 saturated heterocycles. The molecule has 0 aliphatic carbocycles. The van der Waals surface area contributed by atoms with Crippen molar-refractivity contribution in [2.45, 2.75) is 13.0 Å². The predicted octanol–water partition coefficient (Wildman–Crippen LogP) is 4.24. The van der Waals surface area contributed by atoms with Gasteiger partial charge in [0.05, 0.1) is 0 Å². The molecule has 1 aromatic heterocycles. The first-order valence-corrected chi connectivity index (χ1v) is 7.71. The largest absolute Gasteiger partial charge is 0.358 e. The summed E-state index contributed by atoms with van der Waals surface area (Å²) < 4.78 is 1.12. The highest BCUT2D eigenvalue weighted by atomic mass is 79.9. The van der Waals surface area contributed by atoms with Gasteiger partial charge in [-0.05, 0) is 41.0 Å². The van der Waals surface area contributed by atoms with E-state index in [1.807, 2.05) is 0 Å². The molecule has 4 rings (SSSR count). The molecule has 1 aliphatic rings. The first-order chi connectivity index (χ1) is 9.81. The van der Waals surface area contributed by atoms with Crippen molar-refractivity contribution >= 4 is 26.8 Å². The zero-order valence-corrected chi connectivity index (χ0v) is 12.6. The third-order valence-corrected chi connectivity index (χ3v) is 4.55. The second-order valence-electron chi connectivity index (χ2n) is 5.28. The third kappa shape index (κ3) is 1.98. The minimum atomic E-state index is 0.971. The Balaban J connectivity index is 1.87. The summed E-state index contributed by atoms with van der Waals surface area (Å²) >= 11 is 3.49. The molecule has 0 atom stereocenters. The lowest BCUT2D eigenvalue weighted by molar-refractivity contribution is 0.641. The van der Waals surface area contributed by atoms with Gasteiger partial charge in [-0.25, -0.2) is 0 Å². The van der Waals surface area contributed by atoms with Gasteiger partial charge in [-0.3, -0.25) is 0 Å². The lowest BCUT2D eigenvalue weighted by Gasteiger charge is -2.12. The number of rotatable bonds is 1. The van der Waals surface area contributed by atoms with Gasteiger partial charge in [0.15, 0.2) is 0 Å². The quantitative estimate of drug-likeness (QED) is 0.687. The molecule has 2 heterocycles. The maximum atomic E-state index is 3.56. The summed E-state index contributed by atoms with van der Waals surface area (Å²) in [4.78, 5) is 3.56. The Morgan fingerprint density at radius 3 is 2.60 bits per heavy atom. The van der Waals surface area contributed by atoms with E-state index in [-0.39, 0.29) is 0 Å². The highest BCUT2D eigenvalue weighted by Gasteiger charge is 2.15. The molecule has 2 aromatic carbocycles. The van der Waals surface area contributed by atoms with E-state index in [1.165, 1.54) is 33.3 Å². The van der Waals surface area contributed by atoms with Crippen LogP contribution < -0.4 is 5.32 Å². The molecule has 0 radical (unpaired) electrons. The highest BCUT2D eigenvalue weighted by Crippen LogP contribution is 2.30. The fourth-order valence-electron chi connectivity index (χ4n) is 2.97. The van der Waals surface area contributed by atoms with Crippen molar-refractivity contribution in [2.24, 2.45) is 0 Å². The van der Waals surface area contributed by atoms with Crippen molar-refractivity contribution in [3.63, 3.8) is 0 Å². The Labute approximate surface area is 126 Å². The number of benzene rings is 2. The van der Waals surface area contributed by atoms with Gasteiger partial charge in [0.2, 0.25) is 0 Å². The molecule has 3 aromatic rings. The molecule has 0 amide bonds. The topological polar surface area (TPSA) is 27.8 Å². The maximum absolute atomic E-state index is 3.56. The number of H-pyrrole nitrogens is 1. The van der Waals surface area contributed by atoms with Gasteiger partial charge < -0.3 is 10.3 Å². The molecule has 0 unspecified atom stereocenters. The van der Waals surface area contributed by atoms with Crippen molar-refractivity contribution in [2.75, 3.05) is 6.54 Å². The van der Waals surface area contributed by atoms with Crippen LogP contribution in [0.25, 0.3) is 22.0 Å². The van der Waals surface area contributed by atoms with Crippen LogP contribution in [0.5, 0.6) is 0 Å². The summed E-state index contributed by atoms with van der Waals surface area (Å²) in [5, 5.41) is 4.81. The van der Waals surface area contributed by atoms with E-state index in [2.05, 4.69) is 68.7 Å². The van der Waals surface area contributed by atoms with Crippen LogP contribution in [0.4, 0.5) is 0 Å². The van der Waals surface area contributed by atoms with Gasteiger partial charge in [-0.2, -0.15) is 0 Å². The summed E-state index contributed by atoms with van der Waals surface area (Å²) in [5.41, 5.74) is 6.61. The molecular weight excluding hydrogens is 312 g/mol. The van der Waals surface area contributed by atoms with Crippen LogP contribution in [-0.4, -0.2) is 11.5 Å².